The van der Waals surface area contributed by atoms with Crippen LogP contribution in [-0.4, -0.2) is 42.3 Å². The Balaban J connectivity index is 0.000000383. The van der Waals surface area contributed by atoms with Gasteiger partial charge in [0.15, 0.2) is 0 Å². The Morgan fingerprint density at radius 1 is 1.29 bits per heavy atom. The number of amides is 1. The normalized spacial score (nSPS) is 21.0. The van der Waals surface area contributed by atoms with Gasteiger partial charge in [0.2, 0.25) is 0 Å². The molecule has 21 heavy (non-hydrogen) atoms. The molecule has 0 spiro atoms. The summed E-state index contributed by atoms with van der Waals surface area (Å²) < 4.78 is 4.61. The number of ether oxygens (including phenoxy) is 1. The third-order valence-corrected chi connectivity index (χ3v) is 2.85. The van der Waals surface area contributed by atoms with E-state index in [-0.39, 0.29) is 18.1 Å². The van der Waals surface area contributed by atoms with E-state index in [1.54, 1.807) is 0 Å². The maximum atomic E-state index is 11.8. The third kappa shape index (κ3) is 6.10. The van der Waals surface area contributed by atoms with Crippen molar-refractivity contribution in [2.24, 2.45) is 5.41 Å². The van der Waals surface area contributed by atoms with E-state index in [1.165, 1.54) is 12.0 Å². The van der Waals surface area contributed by atoms with Gasteiger partial charge in [-0.15, -0.1) is 0 Å². The molecule has 1 fully saturated rings. The topological polar surface area (TPSA) is 63.7 Å². The van der Waals surface area contributed by atoms with E-state index in [4.69, 9.17) is 0 Å². The molecule has 0 saturated carbocycles. The van der Waals surface area contributed by atoms with Crippen LogP contribution in [-0.2, 0) is 19.1 Å². The van der Waals surface area contributed by atoms with Crippen molar-refractivity contribution in [1.29, 1.82) is 0 Å². The molecule has 1 aliphatic carbocycles. The van der Waals surface area contributed by atoms with Gasteiger partial charge in [0, 0.05) is 25.0 Å². The lowest BCUT2D eigenvalue weighted by atomic mass is 10.0. The Hall–Kier alpha value is -1.65. The van der Waals surface area contributed by atoms with Crippen molar-refractivity contribution in [3.63, 3.8) is 0 Å². The summed E-state index contributed by atoms with van der Waals surface area (Å²) >= 11 is 0. The summed E-state index contributed by atoms with van der Waals surface area (Å²) in [5.41, 5.74) is 1.23. The van der Waals surface area contributed by atoms with Gasteiger partial charge in [0.05, 0.1) is 7.11 Å². The summed E-state index contributed by atoms with van der Waals surface area (Å²) in [4.78, 5) is 36.1. The molecule has 1 aliphatic heterocycles. The first-order chi connectivity index (χ1) is 9.63. The highest BCUT2D eigenvalue weighted by molar-refractivity contribution is 6.01. The van der Waals surface area contributed by atoms with E-state index in [9.17, 15) is 14.4 Å². The second-order valence-corrected chi connectivity index (χ2v) is 6.96. The van der Waals surface area contributed by atoms with Gasteiger partial charge in [-0.25, -0.2) is 4.79 Å². The zero-order valence-electron chi connectivity index (χ0n) is 13.6. The minimum Gasteiger partial charge on any atom is -0.467 e. The monoisotopic (exact) mass is 295 g/mol. The van der Waals surface area contributed by atoms with E-state index < -0.39 is 12.0 Å². The number of allylic oxidation sites excluding steroid dienone is 1. The number of ketones is 1. The van der Waals surface area contributed by atoms with Gasteiger partial charge in [0.1, 0.15) is 11.8 Å². The van der Waals surface area contributed by atoms with Crippen molar-refractivity contribution in [3.05, 3.63) is 11.6 Å². The Bertz CT molecular complexity index is 453. The largest absolute Gasteiger partial charge is 0.467 e. The fourth-order valence-electron chi connectivity index (χ4n) is 1.83. The highest BCUT2D eigenvalue weighted by Crippen LogP contribution is 2.25. The van der Waals surface area contributed by atoms with Crippen molar-refractivity contribution in [1.82, 2.24) is 4.90 Å². The lowest BCUT2D eigenvalue weighted by Crippen LogP contribution is -2.50. The number of rotatable bonds is 2. The van der Waals surface area contributed by atoms with Gasteiger partial charge in [-0.3, -0.25) is 9.59 Å². The summed E-state index contributed by atoms with van der Waals surface area (Å²) in [6.45, 7) is 9.06. The molecule has 0 radical (unpaired) electrons. The zero-order chi connectivity index (χ0) is 16.2. The number of carbonyl (C=O) groups is 3. The number of carbonyl (C=O) groups excluding carboxylic acids is 3. The zero-order valence-corrected chi connectivity index (χ0v) is 13.6. The van der Waals surface area contributed by atoms with Crippen LogP contribution in [0.15, 0.2) is 11.6 Å². The quantitative estimate of drug-likeness (QED) is 0.732. The van der Waals surface area contributed by atoms with Crippen LogP contribution in [0.2, 0.25) is 0 Å². The minimum atomic E-state index is -0.736. The van der Waals surface area contributed by atoms with Crippen molar-refractivity contribution in [2.45, 2.75) is 53.0 Å². The van der Waals surface area contributed by atoms with Crippen molar-refractivity contribution in [3.8, 4) is 0 Å². The highest BCUT2D eigenvalue weighted by atomic mass is 16.5. The van der Waals surface area contributed by atoms with Crippen LogP contribution in [0.4, 0.5) is 0 Å². The van der Waals surface area contributed by atoms with Crippen LogP contribution in [0.25, 0.3) is 0 Å². The predicted molar refractivity (Wildman–Crippen MR) is 79.6 cm³/mol. The molecule has 5 nitrogen and oxygen atoms in total. The molecule has 1 amide bonds. The maximum Gasteiger partial charge on any atom is 0.329 e. The molecular formula is C16H25NO4. The van der Waals surface area contributed by atoms with E-state index in [0.717, 1.165) is 5.57 Å². The molecule has 118 valence electrons. The molecule has 0 N–H and O–H groups in total. The Morgan fingerprint density at radius 3 is 2.24 bits per heavy atom. The van der Waals surface area contributed by atoms with Crippen LogP contribution < -0.4 is 0 Å². The first kappa shape index (κ1) is 17.4. The van der Waals surface area contributed by atoms with Crippen molar-refractivity contribution in [2.75, 3.05) is 13.7 Å². The summed E-state index contributed by atoms with van der Waals surface area (Å²) in [6.07, 6.45) is 2.91. The van der Waals surface area contributed by atoms with Gasteiger partial charge in [0.25, 0.3) is 5.91 Å². The minimum absolute atomic E-state index is 0.00391. The van der Waals surface area contributed by atoms with Gasteiger partial charge in [-0.1, -0.05) is 33.8 Å². The molecule has 2 aliphatic rings. The number of piperidine rings is 1. The number of Topliss-reactive ketones (excluding diaryl/α,β-unsaturated/α-hetero) is 1. The van der Waals surface area contributed by atoms with Gasteiger partial charge in [-0.2, -0.15) is 0 Å². The second kappa shape index (κ2) is 6.87. The molecular weight excluding hydrogens is 270 g/mol. The molecule has 0 aromatic rings. The first-order valence-electron chi connectivity index (χ1n) is 7.23. The first-order valence-corrected chi connectivity index (χ1v) is 7.23. The van der Waals surface area contributed by atoms with Crippen LogP contribution in [0.5, 0.6) is 0 Å². The van der Waals surface area contributed by atoms with Crippen molar-refractivity contribution < 1.29 is 19.1 Å². The second-order valence-electron chi connectivity index (χ2n) is 6.96. The van der Waals surface area contributed by atoms with Gasteiger partial charge in [-0.05, 0) is 11.8 Å². The smallest absolute Gasteiger partial charge is 0.329 e. The van der Waals surface area contributed by atoms with Crippen LogP contribution >= 0.6 is 0 Å². The molecule has 0 aromatic heterocycles. The molecule has 1 atom stereocenters. The lowest BCUT2D eigenvalue weighted by Gasteiger charge is -2.32. The number of nitrogens with zero attached hydrogens (tertiary/aromatic N) is 1. The van der Waals surface area contributed by atoms with Gasteiger partial charge < -0.3 is 9.64 Å². The molecule has 0 aromatic carbocycles. The lowest BCUT2D eigenvalue weighted by molar-refractivity contribution is -0.155. The summed E-state index contributed by atoms with van der Waals surface area (Å²) in [5, 5.41) is 0. The number of methoxy groups -OCH3 is 1. The standard InChI is InChI=1S/C11H13NO4.C5H12/c1-16-11(15)9-6-8(13)4-5-12(9)10(14)7-2-3-7;1-5(2,3)4/h2,9H,3-6H2,1H3;1-4H3. The number of esters is 1. The van der Waals surface area contributed by atoms with Crippen LogP contribution in [0.1, 0.15) is 47.0 Å². The SMILES string of the molecule is CC(C)(C)C.COC(=O)C1CC(=O)CCN1C(=O)C1=CC1. The molecule has 1 unspecified atom stereocenters. The van der Waals surface area contributed by atoms with E-state index in [0.29, 0.717) is 24.8 Å². The molecule has 2 rings (SSSR count). The average Bonchev–Trinajstić information content (AvgIpc) is 3.19. The summed E-state index contributed by atoms with van der Waals surface area (Å²) in [6, 6.07) is -0.736. The molecule has 1 saturated heterocycles. The van der Waals surface area contributed by atoms with E-state index in [1.807, 2.05) is 6.08 Å². The van der Waals surface area contributed by atoms with E-state index in [2.05, 4.69) is 32.4 Å². The van der Waals surface area contributed by atoms with Gasteiger partial charge >= 0.3 is 5.97 Å². The fourth-order valence-corrected chi connectivity index (χ4v) is 1.83. The third-order valence-electron chi connectivity index (χ3n) is 2.85. The van der Waals surface area contributed by atoms with Crippen molar-refractivity contribution >= 4 is 17.7 Å². The Kier molecular flexibility index (Phi) is 5.70. The summed E-state index contributed by atoms with van der Waals surface area (Å²) in [7, 11) is 1.26. The number of hydrogen-bond donors (Lipinski definition) is 0. The molecule has 5 heteroatoms. The van der Waals surface area contributed by atoms with E-state index >= 15 is 0 Å². The van der Waals surface area contributed by atoms with Crippen LogP contribution in [0.3, 0.4) is 0 Å². The Morgan fingerprint density at radius 2 is 1.81 bits per heavy atom. The molecule has 0 bridgehead atoms. The fraction of sp³-hybridized carbons (Fsp3) is 0.688. The average molecular weight is 295 g/mol. The van der Waals surface area contributed by atoms with Crippen LogP contribution in [0, 0.1) is 5.41 Å². The maximum absolute atomic E-state index is 11.8. The summed E-state index contributed by atoms with van der Waals surface area (Å²) in [5.74, 6) is -0.644. The number of likely N-dealkylation sites (tertiary alicyclic amines) is 1. The molecule has 1 heterocycles. The Labute approximate surface area is 126 Å². The predicted octanol–water partition coefficient (Wildman–Crippen LogP) is 2.10. The number of hydrogen-bond acceptors (Lipinski definition) is 4. The highest BCUT2D eigenvalue weighted by Gasteiger charge is 2.38.